The molecule has 0 aliphatic heterocycles. The maximum Gasteiger partial charge on any atom is 0.356 e. The molecule has 2 aromatic rings. The fourth-order valence-corrected chi connectivity index (χ4v) is 1.41. The summed E-state index contributed by atoms with van der Waals surface area (Å²) in [6.45, 7) is 1.99. The smallest absolute Gasteiger partial charge is 0.356 e. The summed E-state index contributed by atoms with van der Waals surface area (Å²) >= 11 is 0. The van der Waals surface area contributed by atoms with Gasteiger partial charge in [-0.15, -0.1) is 0 Å². The van der Waals surface area contributed by atoms with Crippen LogP contribution < -0.4 is 11.1 Å². The van der Waals surface area contributed by atoms with Crippen LogP contribution in [0.4, 0.5) is 11.5 Å². The molecule has 3 N–H and O–H groups in total. The van der Waals surface area contributed by atoms with E-state index in [0.717, 1.165) is 0 Å². The zero-order valence-electron chi connectivity index (χ0n) is 10.5. The molecular formula is C11H13N5O3. The Balaban J connectivity index is 2.12. The molecule has 0 unspecified atom stereocenters. The summed E-state index contributed by atoms with van der Waals surface area (Å²) in [6, 6.07) is 3.06. The number of hydrogen-bond donors (Lipinski definition) is 2. The largest absolute Gasteiger partial charge is 0.464 e. The highest BCUT2D eigenvalue weighted by atomic mass is 16.5. The van der Waals surface area contributed by atoms with Gasteiger partial charge in [0, 0.05) is 6.92 Å². The van der Waals surface area contributed by atoms with Gasteiger partial charge in [-0.25, -0.2) is 9.78 Å². The van der Waals surface area contributed by atoms with Crippen LogP contribution in [0.2, 0.25) is 0 Å². The molecule has 2 aromatic heterocycles. The van der Waals surface area contributed by atoms with E-state index in [0.29, 0.717) is 29.8 Å². The second-order valence-electron chi connectivity index (χ2n) is 3.71. The number of methoxy groups -OCH3 is 1. The van der Waals surface area contributed by atoms with Crippen molar-refractivity contribution in [1.82, 2.24) is 15.1 Å². The highest BCUT2D eigenvalue weighted by Gasteiger charge is 2.11. The Labute approximate surface area is 109 Å². The zero-order chi connectivity index (χ0) is 13.8. The van der Waals surface area contributed by atoms with Crippen LogP contribution in [0.3, 0.4) is 0 Å². The van der Waals surface area contributed by atoms with Gasteiger partial charge >= 0.3 is 5.97 Å². The van der Waals surface area contributed by atoms with E-state index in [1.54, 1.807) is 13.0 Å². The van der Waals surface area contributed by atoms with Gasteiger partial charge in [0.25, 0.3) is 0 Å². The fourth-order valence-electron chi connectivity index (χ4n) is 1.41. The maximum absolute atomic E-state index is 11.4. The van der Waals surface area contributed by atoms with Crippen LogP contribution in [0.1, 0.15) is 22.2 Å². The number of ether oxygens (including phenoxy) is 1. The molecule has 100 valence electrons. The molecule has 0 aromatic carbocycles. The lowest BCUT2D eigenvalue weighted by molar-refractivity contribution is 0.0594. The molecule has 19 heavy (non-hydrogen) atoms. The highest BCUT2D eigenvalue weighted by Crippen LogP contribution is 2.16. The predicted octanol–water partition coefficient (Wildman–Crippen LogP) is 0.754. The standard InChI is InChI=1S/C11H13N5O3/c1-6-14-9(16-19-6)5-13-10-7(12)3-4-8(15-10)11(17)18-2/h3-4H,5,12H2,1-2H3,(H,13,15). The van der Waals surface area contributed by atoms with Gasteiger partial charge in [0.2, 0.25) is 5.89 Å². The number of pyridine rings is 1. The molecule has 8 nitrogen and oxygen atoms in total. The number of nitrogens with two attached hydrogens (primary N) is 1. The molecule has 0 radical (unpaired) electrons. The number of nitrogens with one attached hydrogen (secondary N) is 1. The van der Waals surface area contributed by atoms with Crippen molar-refractivity contribution in [3.05, 3.63) is 29.5 Å². The lowest BCUT2D eigenvalue weighted by Gasteiger charge is -2.07. The van der Waals surface area contributed by atoms with Crippen LogP contribution in [0.5, 0.6) is 0 Å². The summed E-state index contributed by atoms with van der Waals surface area (Å²) in [4.78, 5) is 19.5. The van der Waals surface area contributed by atoms with Gasteiger partial charge in [-0.3, -0.25) is 0 Å². The third-order valence-electron chi connectivity index (χ3n) is 2.30. The number of anilines is 2. The van der Waals surface area contributed by atoms with Crippen molar-refractivity contribution in [2.75, 3.05) is 18.2 Å². The molecule has 0 saturated heterocycles. The molecule has 0 amide bonds. The first-order chi connectivity index (χ1) is 9.10. The van der Waals surface area contributed by atoms with E-state index in [1.807, 2.05) is 0 Å². The molecule has 2 rings (SSSR count). The summed E-state index contributed by atoms with van der Waals surface area (Å²) < 4.78 is 9.42. The Morgan fingerprint density at radius 1 is 1.47 bits per heavy atom. The Hall–Kier alpha value is -2.64. The molecule has 8 heteroatoms. The summed E-state index contributed by atoms with van der Waals surface area (Å²) in [5, 5.41) is 6.66. The Kier molecular flexibility index (Phi) is 3.60. The SMILES string of the molecule is COC(=O)c1ccc(N)c(NCc2noc(C)n2)n1. The number of aryl methyl sites for hydroxylation is 1. The molecule has 0 aliphatic carbocycles. The van der Waals surface area contributed by atoms with E-state index in [9.17, 15) is 4.79 Å². The zero-order valence-corrected chi connectivity index (χ0v) is 10.5. The second-order valence-corrected chi connectivity index (χ2v) is 3.71. The van der Waals surface area contributed by atoms with Crippen molar-refractivity contribution < 1.29 is 14.1 Å². The summed E-state index contributed by atoms with van der Waals surface area (Å²) in [6.07, 6.45) is 0. The fraction of sp³-hybridized carbons (Fsp3) is 0.273. The molecule has 0 aliphatic rings. The van der Waals surface area contributed by atoms with Crippen molar-refractivity contribution in [3.8, 4) is 0 Å². The van der Waals surface area contributed by atoms with Crippen LogP contribution in [-0.4, -0.2) is 28.2 Å². The van der Waals surface area contributed by atoms with Crippen molar-refractivity contribution in [1.29, 1.82) is 0 Å². The number of aromatic nitrogens is 3. The number of carbonyl (C=O) groups is 1. The number of nitrogen functional groups attached to an aromatic ring is 1. The van der Waals surface area contributed by atoms with E-state index in [1.165, 1.54) is 13.2 Å². The number of nitrogens with zero attached hydrogens (tertiary/aromatic N) is 3. The number of rotatable bonds is 4. The van der Waals surface area contributed by atoms with E-state index >= 15 is 0 Å². The van der Waals surface area contributed by atoms with Crippen molar-refractivity contribution >= 4 is 17.5 Å². The van der Waals surface area contributed by atoms with Crippen LogP contribution in [-0.2, 0) is 11.3 Å². The highest BCUT2D eigenvalue weighted by molar-refractivity contribution is 5.88. The molecule has 0 bridgehead atoms. The van der Waals surface area contributed by atoms with Crippen molar-refractivity contribution in [2.45, 2.75) is 13.5 Å². The Morgan fingerprint density at radius 3 is 2.89 bits per heavy atom. The normalized spacial score (nSPS) is 10.2. The van der Waals surface area contributed by atoms with E-state index in [-0.39, 0.29) is 5.69 Å². The van der Waals surface area contributed by atoms with Gasteiger partial charge in [-0.05, 0) is 12.1 Å². The van der Waals surface area contributed by atoms with Gasteiger partial charge < -0.3 is 20.3 Å². The third kappa shape index (κ3) is 2.97. The van der Waals surface area contributed by atoms with Crippen molar-refractivity contribution in [2.24, 2.45) is 0 Å². The minimum absolute atomic E-state index is 0.170. The summed E-state index contributed by atoms with van der Waals surface area (Å²) in [5.41, 5.74) is 6.34. The summed E-state index contributed by atoms with van der Waals surface area (Å²) in [5.74, 6) is 0.784. The first-order valence-corrected chi connectivity index (χ1v) is 5.48. The molecular weight excluding hydrogens is 250 g/mol. The molecule has 0 fully saturated rings. The Bertz CT molecular complexity index is 596. The maximum atomic E-state index is 11.4. The van der Waals surface area contributed by atoms with Crippen LogP contribution in [0.15, 0.2) is 16.7 Å². The molecule has 2 heterocycles. The van der Waals surface area contributed by atoms with Gasteiger partial charge in [0.05, 0.1) is 19.3 Å². The molecule has 0 spiro atoms. The molecule has 0 saturated carbocycles. The predicted molar refractivity (Wildman–Crippen MR) is 66.4 cm³/mol. The monoisotopic (exact) mass is 263 g/mol. The quantitative estimate of drug-likeness (QED) is 0.776. The average molecular weight is 263 g/mol. The van der Waals surface area contributed by atoms with Crippen LogP contribution in [0, 0.1) is 6.92 Å². The molecule has 0 atom stereocenters. The Morgan fingerprint density at radius 2 is 2.26 bits per heavy atom. The minimum Gasteiger partial charge on any atom is -0.464 e. The van der Waals surface area contributed by atoms with Crippen LogP contribution >= 0.6 is 0 Å². The topological polar surface area (TPSA) is 116 Å². The van der Waals surface area contributed by atoms with Gasteiger partial charge in [0.15, 0.2) is 17.3 Å². The van der Waals surface area contributed by atoms with E-state index < -0.39 is 5.97 Å². The van der Waals surface area contributed by atoms with Crippen molar-refractivity contribution in [3.63, 3.8) is 0 Å². The second kappa shape index (κ2) is 5.34. The number of hydrogen-bond acceptors (Lipinski definition) is 8. The number of esters is 1. The lowest BCUT2D eigenvalue weighted by Crippen LogP contribution is -2.10. The summed E-state index contributed by atoms with van der Waals surface area (Å²) in [7, 11) is 1.29. The average Bonchev–Trinajstić information content (AvgIpc) is 2.82. The minimum atomic E-state index is -0.529. The first-order valence-electron chi connectivity index (χ1n) is 5.48. The van der Waals surface area contributed by atoms with E-state index in [4.69, 9.17) is 10.3 Å². The van der Waals surface area contributed by atoms with E-state index in [2.05, 4.69) is 25.2 Å². The first kappa shape index (κ1) is 12.8. The van der Waals surface area contributed by atoms with Gasteiger partial charge in [-0.1, -0.05) is 5.16 Å². The van der Waals surface area contributed by atoms with Crippen LogP contribution in [0.25, 0.3) is 0 Å². The lowest BCUT2D eigenvalue weighted by atomic mass is 10.3. The van der Waals surface area contributed by atoms with Gasteiger partial charge in [-0.2, -0.15) is 4.98 Å². The third-order valence-corrected chi connectivity index (χ3v) is 2.30. The van der Waals surface area contributed by atoms with Gasteiger partial charge in [0.1, 0.15) is 0 Å². The number of carbonyl (C=O) groups excluding carboxylic acids is 1.